The monoisotopic (exact) mass is 264 g/mol. The fourth-order valence-electron chi connectivity index (χ4n) is 3.96. The summed E-state index contributed by atoms with van der Waals surface area (Å²) < 4.78 is 0. The zero-order chi connectivity index (χ0) is 13.7. The number of anilines is 2. The van der Waals surface area contributed by atoms with Crippen LogP contribution in [0.25, 0.3) is 0 Å². The molecular formula is C18H20N2. The molecule has 2 nitrogen and oxygen atoms in total. The second kappa shape index (κ2) is 4.02. The Hall–Kier alpha value is -1.96. The molecule has 2 aromatic rings. The van der Waals surface area contributed by atoms with E-state index in [0.717, 1.165) is 13.1 Å². The van der Waals surface area contributed by atoms with Crippen molar-refractivity contribution in [2.24, 2.45) is 0 Å². The molecule has 1 fully saturated rings. The molecule has 0 radical (unpaired) electrons. The van der Waals surface area contributed by atoms with Gasteiger partial charge in [0.2, 0.25) is 0 Å². The maximum absolute atomic E-state index is 2.57. The van der Waals surface area contributed by atoms with Crippen LogP contribution in [0.2, 0.25) is 0 Å². The molecule has 4 rings (SSSR count). The Bertz CT molecular complexity index is 633. The fraction of sp³-hybridized carbons (Fsp3) is 0.333. The molecule has 0 spiro atoms. The van der Waals surface area contributed by atoms with Crippen LogP contribution in [-0.4, -0.2) is 19.3 Å². The third-order valence-electron chi connectivity index (χ3n) is 4.81. The van der Waals surface area contributed by atoms with Gasteiger partial charge in [-0.25, -0.2) is 0 Å². The number of fused-ring (bicyclic) bond motifs is 3. The Kier molecular flexibility index (Phi) is 2.38. The lowest BCUT2D eigenvalue weighted by molar-refractivity contribution is 0.442. The summed E-state index contributed by atoms with van der Waals surface area (Å²) in [5, 5.41) is 0. The zero-order valence-corrected chi connectivity index (χ0v) is 12.1. The number of nitrogens with zero attached hydrogens (tertiary/aromatic N) is 2. The second-order valence-electron chi connectivity index (χ2n) is 6.33. The highest BCUT2D eigenvalue weighted by molar-refractivity contribution is 5.69. The summed E-state index contributed by atoms with van der Waals surface area (Å²) in [5.41, 5.74) is 4.38. The number of para-hydroxylation sites is 2. The van der Waals surface area contributed by atoms with E-state index < -0.39 is 0 Å². The van der Waals surface area contributed by atoms with Crippen molar-refractivity contribution in [1.29, 1.82) is 0 Å². The van der Waals surface area contributed by atoms with Gasteiger partial charge in [-0.05, 0) is 23.8 Å². The second-order valence-corrected chi connectivity index (χ2v) is 6.33. The molecule has 1 saturated heterocycles. The maximum atomic E-state index is 2.57. The van der Waals surface area contributed by atoms with Crippen molar-refractivity contribution in [3.05, 3.63) is 60.2 Å². The summed E-state index contributed by atoms with van der Waals surface area (Å²) in [7, 11) is 0. The molecule has 0 bridgehead atoms. The molecule has 20 heavy (non-hydrogen) atoms. The molecule has 102 valence electrons. The lowest BCUT2D eigenvalue weighted by Gasteiger charge is -2.36. The van der Waals surface area contributed by atoms with Gasteiger partial charge in [0.15, 0.2) is 0 Å². The van der Waals surface area contributed by atoms with Crippen molar-refractivity contribution in [3.8, 4) is 0 Å². The minimum Gasteiger partial charge on any atom is -0.349 e. The van der Waals surface area contributed by atoms with Crippen LogP contribution in [0.1, 0.15) is 19.4 Å². The summed E-state index contributed by atoms with van der Waals surface area (Å²) in [4.78, 5) is 5.13. The van der Waals surface area contributed by atoms with Gasteiger partial charge in [0.05, 0.1) is 0 Å². The summed E-state index contributed by atoms with van der Waals surface area (Å²) >= 11 is 0. The summed E-state index contributed by atoms with van der Waals surface area (Å²) in [6.07, 6.45) is 0.433. The molecular weight excluding hydrogens is 244 g/mol. The lowest BCUT2D eigenvalue weighted by Crippen LogP contribution is -2.47. The van der Waals surface area contributed by atoms with E-state index in [9.17, 15) is 0 Å². The van der Waals surface area contributed by atoms with E-state index in [2.05, 4.69) is 78.2 Å². The minimum absolute atomic E-state index is 0.156. The van der Waals surface area contributed by atoms with Crippen molar-refractivity contribution in [3.63, 3.8) is 0 Å². The van der Waals surface area contributed by atoms with E-state index in [-0.39, 0.29) is 5.41 Å². The molecule has 1 unspecified atom stereocenters. The molecule has 2 heterocycles. The van der Waals surface area contributed by atoms with E-state index in [4.69, 9.17) is 0 Å². The molecule has 0 aliphatic carbocycles. The minimum atomic E-state index is 0.156. The molecule has 2 aliphatic rings. The van der Waals surface area contributed by atoms with Crippen molar-refractivity contribution < 1.29 is 0 Å². The first kappa shape index (κ1) is 11.8. The predicted octanol–water partition coefficient (Wildman–Crippen LogP) is 3.63. The van der Waals surface area contributed by atoms with Gasteiger partial charge < -0.3 is 9.80 Å². The Labute approximate surface area is 120 Å². The van der Waals surface area contributed by atoms with Gasteiger partial charge in [0.25, 0.3) is 0 Å². The van der Waals surface area contributed by atoms with Gasteiger partial charge >= 0.3 is 0 Å². The Morgan fingerprint density at radius 1 is 0.850 bits per heavy atom. The largest absolute Gasteiger partial charge is 0.349 e. The lowest BCUT2D eigenvalue weighted by atomic mass is 9.83. The molecule has 0 amide bonds. The Morgan fingerprint density at radius 3 is 2.30 bits per heavy atom. The van der Waals surface area contributed by atoms with Crippen molar-refractivity contribution >= 4 is 11.4 Å². The first-order valence-corrected chi connectivity index (χ1v) is 7.37. The Balaban J connectivity index is 1.81. The summed E-state index contributed by atoms with van der Waals surface area (Å²) in [6, 6.07) is 19.7. The molecule has 0 saturated carbocycles. The molecule has 0 N–H and O–H groups in total. The van der Waals surface area contributed by atoms with Crippen LogP contribution < -0.4 is 9.80 Å². The standard InChI is InChI=1S/C18H20N2/c1-18(2)15-10-6-7-11-16(15)20-13-12-19(17(18)20)14-8-4-3-5-9-14/h3-11,17H,12-13H2,1-2H3. The average molecular weight is 264 g/mol. The van der Waals surface area contributed by atoms with Gasteiger partial charge in [-0.1, -0.05) is 50.2 Å². The van der Waals surface area contributed by atoms with Crippen LogP contribution in [0.5, 0.6) is 0 Å². The van der Waals surface area contributed by atoms with Gasteiger partial charge in [0, 0.05) is 29.9 Å². The number of hydrogen-bond donors (Lipinski definition) is 0. The van der Waals surface area contributed by atoms with E-state index >= 15 is 0 Å². The highest BCUT2D eigenvalue weighted by Gasteiger charge is 2.50. The fourth-order valence-corrected chi connectivity index (χ4v) is 3.96. The van der Waals surface area contributed by atoms with Crippen LogP contribution in [0.3, 0.4) is 0 Å². The molecule has 2 aromatic carbocycles. The van der Waals surface area contributed by atoms with E-state index in [0.29, 0.717) is 6.17 Å². The average Bonchev–Trinajstić information content (AvgIpc) is 3.01. The highest BCUT2D eigenvalue weighted by Crippen LogP contribution is 2.49. The van der Waals surface area contributed by atoms with Gasteiger partial charge in [-0.2, -0.15) is 0 Å². The van der Waals surface area contributed by atoms with Crippen LogP contribution in [0.4, 0.5) is 11.4 Å². The van der Waals surface area contributed by atoms with Crippen molar-refractivity contribution in [2.75, 3.05) is 22.9 Å². The van der Waals surface area contributed by atoms with Gasteiger partial charge in [-0.15, -0.1) is 0 Å². The highest BCUT2D eigenvalue weighted by atomic mass is 15.4. The van der Waals surface area contributed by atoms with Crippen LogP contribution >= 0.6 is 0 Å². The third kappa shape index (κ3) is 1.45. The van der Waals surface area contributed by atoms with Crippen molar-refractivity contribution in [2.45, 2.75) is 25.4 Å². The third-order valence-corrected chi connectivity index (χ3v) is 4.81. The molecule has 2 heteroatoms. The maximum Gasteiger partial charge on any atom is 0.111 e. The quantitative estimate of drug-likeness (QED) is 0.776. The first-order valence-electron chi connectivity index (χ1n) is 7.37. The molecule has 1 atom stereocenters. The SMILES string of the molecule is CC1(C)c2ccccc2N2CCN(c3ccccc3)C21. The topological polar surface area (TPSA) is 6.48 Å². The van der Waals surface area contributed by atoms with E-state index in [1.807, 2.05) is 0 Å². The normalized spacial score (nSPS) is 22.8. The molecule has 0 aromatic heterocycles. The van der Waals surface area contributed by atoms with Gasteiger partial charge in [0.1, 0.15) is 6.17 Å². The molecule has 2 aliphatic heterocycles. The van der Waals surface area contributed by atoms with E-state index in [1.165, 1.54) is 16.9 Å². The zero-order valence-electron chi connectivity index (χ0n) is 12.1. The van der Waals surface area contributed by atoms with Crippen LogP contribution in [0.15, 0.2) is 54.6 Å². The van der Waals surface area contributed by atoms with Gasteiger partial charge in [-0.3, -0.25) is 0 Å². The predicted molar refractivity (Wildman–Crippen MR) is 84.4 cm³/mol. The summed E-state index contributed by atoms with van der Waals surface area (Å²) in [6.45, 7) is 6.96. The first-order chi connectivity index (χ1) is 9.69. The Morgan fingerprint density at radius 2 is 1.50 bits per heavy atom. The number of benzene rings is 2. The van der Waals surface area contributed by atoms with E-state index in [1.54, 1.807) is 0 Å². The van der Waals surface area contributed by atoms with Crippen LogP contribution in [-0.2, 0) is 5.41 Å². The van der Waals surface area contributed by atoms with Crippen molar-refractivity contribution in [1.82, 2.24) is 0 Å². The number of hydrogen-bond acceptors (Lipinski definition) is 2. The smallest absolute Gasteiger partial charge is 0.111 e. The number of rotatable bonds is 1. The van der Waals surface area contributed by atoms with Crippen LogP contribution in [0, 0.1) is 0 Å². The summed E-state index contributed by atoms with van der Waals surface area (Å²) in [5.74, 6) is 0.